The number of nitrogens with zero attached hydrogens (tertiary/aromatic N) is 2. The van der Waals surface area contributed by atoms with Crippen molar-refractivity contribution in [3.8, 4) is 5.75 Å². The lowest BCUT2D eigenvalue weighted by molar-refractivity contribution is 0.308. The maximum atomic E-state index is 5.88. The third kappa shape index (κ3) is 2.45. The van der Waals surface area contributed by atoms with E-state index in [1.54, 1.807) is 0 Å². The van der Waals surface area contributed by atoms with Crippen LogP contribution in [0.25, 0.3) is 5.65 Å². The molecule has 0 atom stereocenters. The molecule has 96 valence electrons. The van der Waals surface area contributed by atoms with E-state index >= 15 is 0 Å². The van der Waals surface area contributed by atoms with Crippen molar-refractivity contribution < 1.29 is 4.74 Å². The summed E-state index contributed by atoms with van der Waals surface area (Å²) in [6.45, 7) is 2.67. The first-order chi connectivity index (χ1) is 9.36. The highest BCUT2D eigenvalue weighted by atomic mass is 16.5. The molecule has 3 aromatic rings. The minimum atomic E-state index is 0.564. The van der Waals surface area contributed by atoms with Crippen LogP contribution in [-0.2, 0) is 13.0 Å². The summed E-state index contributed by atoms with van der Waals surface area (Å²) in [7, 11) is 0. The summed E-state index contributed by atoms with van der Waals surface area (Å²) in [6.07, 6.45) is 4.97. The second kappa shape index (κ2) is 5.14. The lowest BCUT2D eigenvalue weighted by Gasteiger charge is -2.07. The van der Waals surface area contributed by atoms with Crippen LogP contribution in [0.4, 0.5) is 0 Å². The highest BCUT2D eigenvalue weighted by Crippen LogP contribution is 2.20. The van der Waals surface area contributed by atoms with Gasteiger partial charge in [0.15, 0.2) is 11.4 Å². The normalized spacial score (nSPS) is 10.8. The molecule has 0 radical (unpaired) electrons. The summed E-state index contributed by atoms with van der Waals surface area (Å²) in [5, 5.41) is 0. The third-order valence-electron chi connectivity index (χ3n) is 3.10. The van der Waals surface area contributed by atoms with Crippen molar-refractivity contribution in [2.75, 3.05) is 0 Å². The van der Waals surface area contributed by atoms with Crippen molar-refractivity contribution in [2.24, 2.45) is 0 Å². The Morgan fingerprint density at radius 1 is 1.11 bits per heavy atom. The predicted molar refractivity (Wildman–Crippen MR) is 75.3 cm³/mol. The molecule has 3 nitrogen and oxygen atoms in total. The standard InChI is InChI=1S/C16H16N2O/c1-2-14-11-18-10-6-9-15(16(18)17-14)19-12-13-7-4-3-5-8-13/h3-11H,2,12H2,1H3. The molecule has 3 rings (SSSR count). The first-order valence-corrected chi connectivity index (χ1v) is 6.50. The fourth-order valence-electron chi connectivity index (χ4n) is 2.06. The average Bonchev–Trinajstić information content (AvgIpc) is 2.90. The van der Waals surface area contributed by atoms with Crippen LogP contribution in [-0.4, -0.2) is 9.38 Å². The molecule has 0 bridgehead atoms. The zero-order valence-corrected chi connectivity index (χ0v) is 10.9. The van der Waals surface area contributed by atoms with Gasteiger partial charge < -0.3 is 9.14 Å². The molecule has 2 heterocycles. The lowest BCUT2D eigenvalue weighted by Crippen LogP contribution is -1.97. The maximum Gasteiger partial charge on any atom is 0.179 e. The van der Waals surface area contributed by atoms with E-state index in [-0.39, 0.29) is 0 Å². The Bertz CT molecular complexity index is 674. The molecule has 0 unspecified atom stereocenters. The Hall–Kier alpha value is -2.29. The molecule has 0 amide bonds. The number of aromatic nitrogens is 2. The molecule has 0 aliphatic rings. The van der Waals surface area contributed by atoms with Gasteiger partial charge in [-0.05, 0) is 24.1 Å². The Labute approximate surface area is 112 Å². The minimum Gasteiger partial charge on any atom is -0.485 e. The number of imidazole rings is 1. The summed E-state index contributed by atoms with van der Waals surface area (Å²) >= 11 is 0. The van der Waals surface area contributed by atoms with Gasteiger partial charge in [0, 0.05) is 12.4 Å². The van der Waals surface area contributed by atoms with Gasteiger partial charge in [-0.25, -0.2) is 4.98 Å². The molecule has 0 aliphatic carbocycles. The first-order valence-electron chi connectivity index (χ1n) is 6.50. The Kier molecular flexibility index (Phi) is 3.19. The molecule has 2 aromatic heterocycles. The maximum absolute atomic E-state index is 5.88. The van der Waals surface area contributed by atoms with Crippen LogP contribution < -0.4 is 4.74 Å². The third-order valence-corrected chi connectivity index (χ3v) is 3.10. The van der Waals surface area contributed by atoms with Crippen molar-refractivity contribution in [1.29, 1.82) is 0 Å². The second-order valence-electron chi connectivity index (χ2n) is 4.46. The van der Waals surface area contributed by atoms with Crippen LogP contribution in [0.1, 0.15) is 18.2 Å². The first kappa shape index (κ1) is 11.8. The molecule has 19 heavy (non-hydrogen) atoms. The molecule has 0 aliphatic heterocycles. The molecular formula is C16H16N2O. The van der Waals surface area contributed by atoms with Gasteiger partial charge in [0.05, 0.1) is 5.69 Å². The van der Waals surface area contributed by atoms with Crippen molar-refractivity contribution in [1.82, 2.24) is 9.38 Å². The van der Waals surface area contributed by atoms with Gasteiger partial charge in [0.1, 0.15) is 6.61 Å². The van der Waals surface area contributed by atoms with Crippen LogP contribution >= 0.6 is 0 Å². The Morgan fingerprint density at radius 3 is 2.74 bits per heavy atom. The summed E-state index contributed by atoms with van der Waals surface area (Å²) in [5.41, 5.74) is 3.12. The van der Waals surface area contributed by atoms with Gasteiger partial charge in [-0.15, -0.1) is 0 Å². The molecule has 0 spiro atoms. The highest BCUT2D eigenvalue weighted by Gasteiger charge is 2.06. The molecule has 1 aromatic carbocycles. The van der Waals surface area contributed by atoms with Crippen LogP contribution in [0.15, 0.2) is 54.9 Å². The van der Waals surface area contributed by atoms with Gasteiger partial charge in [-0.2, -0.15) is 0 Å². The molecule has 0 fully saturated rings. The number of rotatable bonds is 4. The fourth-order valence-corrected chi connectivity index (χ4v) is 2.06. The van der Waals surface area contributed by atoms with Crippen LogP contribution in [0.3, 0.4) is 0 Å². The quantitative estimate of drug-likeness (QED) is 0.710. The highest BCUT2D eigenvalue weighted by molar-refractivity contribution is 5.54. The van der Waals surface area contributed by atoms with E-state index in [9.17, 15) is 0 Å². The topological polar surface area (TPSA) is 26.5 Å². The number of hydrogen-bond donors (Lipinski definition) is 0. The summed E-state index contributed by atoms with van der Waals surface area (Å²) < 4.78 is 7.89. The molecule has 0 saturated carbocycles. The van der Waals surface area contributed by atoms with Crippen LogP contribution in [0.2, 0.25) is 0 Å². The van der Waals surface area contributed by atoms with Gasteiger partial charge in [0.25, 0.3) is 0 Å². The summed E-state index contributed by atoms with van der Waals surface area (Å²) in [4.78, 5) is 4.58. The lowest BCUT2D eigenvalue weighted by atomic mass is 10.2. The van der Waals surface area contributed by atoms with Gasteiger partial charge >= 0.3 is 0 Å². The van der Waals surface area contributed by atoms with Crippen LogP contribution in [0, 0.1) is 0 Å². The van der Waals surface area contributed by atoms with Crippen molar-refractivity contribution in [3.05, 3.63) is 66.1 Å². The monoisotopic (exact) mass is 252 g/mol. The van der Waals surface area contributed by atoms with E-state index in [1.165, 1.54) is 0 Å². The molecular weight excluding hydrogens is 236 g/mol. The van der Waals surface area contributed by atoms with Crippen LogP contribution in [0.5, 0.6) is 5.75 Å². The number of ether oxygens (including phenoxy) is 1. The number of fused-ring (bicyclic) bond motifs is 1. The molecule has 3 heteroatoms. The van der Waals surface area contributed by atoms with Gasteiger partial charge in [-0.3, -0.25) is 0 Å². The number of pyridine rings is 1. The van der Waals surface area contributed by atoms with E-state index in [0.29, 0.717) is 6.61 Å². The van der Waals surface area contributed by atoms with Gasteiger partial charge in [0.2, 0.25) is 0 Å². The Balaban J connectivity index is 1.86. The van der Waals surface area contributed by atoms with E-state index in [4.69, 9.17) is 4.74 Å². The zero-order chi connectivity index (χ0) is 13.1. The van der Waals surface area contributed by atoms with E-state index in [1.807, 2.05) is 47.1 Å². The average molecular weight is 252 g/mol. The zero-order valence-electron chi connectivity index (χ0n) is 10.9. The number of benzene rings is 1. The predicted octanol–water partition coefficient (Wildman–Crippen LogP) is 3.48. The Morgan fingerprint density at radius 2 is 1.95 bits per heavy atom. The number of hydrogen-bond acceptors (Lipinski definition) is 2. The van der Waals surface area contributed by atoms with Crippen molar-refractivity contribution in [2.45, 2.75) is 20.0 Å². The van der Waals surface area contributed by atoms with E-state index in [0.717, 1.165) is 29.1 Å². The van der Waals surface area contributed by atoms with Gasteiger partial charge in [-0.1, -0.05) is 37.3 Å². The molecule has 0 saturated heterocycles. The van der Waals surface area contributed by atoms with E-state index in [2.05, 4.69) is 24.0 Å². The SMILES string of the molecule is CCc1cn2cccc(OCc3ccccc3)c2n1. The fraction of sp³-hybridized carbons (Fsp3) is 0.188. The van der Waals surface area contributed by atoms with Crippen molar-refractivity contribution >= 4 is 5.65 Å². The smallest absolute Gasteiger partial charge is 0.179 e. The number of aryl methyl sites for hydroxylation is 1. The minimum absolute atomic E-state index is 0.564. The molecule has 0 N–H and O–H groups in total. The van der Waals surface area contributed by atoms with Crippen molar-refractivity contribution in [3.63, 3.8) is 0 Å². The summed E-state index contributed by atoms with van der Waals surface area (Å²) in [6, 6.07) is 14.1. The summed E-state index contributed by atoms with van der Waals surface area (Å²) in [5.74, 6) is 0.825. The van der Waals surface area contributed by atoms with E-state index < -0.39 is 0 Å². The second-order valence-corrected chi connectivity index (χ2v) is 4.46. The largest absolute Gasteiger partial charge is 0.485 e.